The fourth-order valence-corrected chi connectivity index (χ4v) is 1.22. The fraction of sp³-hybridized carbons (Fsp3) is 0.583. The van der Waals surface area contributed by atoms with E-state index in [0.717, 1.165) is 17.8 Å². The molecular formula is C12H18N4. The van der Waals surface area contributed by atoms with Crippen molar-refractivity contribution >= 4 is 5.82 Å². The quantitative estimate of drug-likeness (QED) is 0.828. The van der Waals surface area contributed by atoms with Gasteiger partial charge in [-0.05, 0) is 24.8 Å². The van der Waals surface area contributed by atoms with Crippen LogP contribution < -0.4 is 5.32 Å². The molecule has 0 amide bonds. The number of aromatic nitrogens is 2. The van der Waals surface area contributed by atoms with Gasteiger partial charge >= 0.3 is 0 Å². The summed E-state index contributed by atoms with van der Waals surface area (Å²) >= 11 is 0. The summed E-state index contributed by atoms with van der Waals surface area (Å²) < 4.78 is 0. The van der Waals surface area contributed by atoms with Crippen molar-refractivity contribution in [3.05, 3.63) is 16.8 Å². The summed E-state index contributed by atoms with van der Waals surface area (Å²) in [5.74, 6) is 0.584. The number of hydrogen-bond acceptors (Lipinski definition) is 4. The molecule has 0 aromatic carbocycles. The van der Waals surface area contributed by atoms with Gasteiger partial charge < -0.3 is 5.32 Å². The van der Waals surface area contributed by atoms with Gasteiger partial charge in [-0.2, -0.15) is 10.4 Å². The van der Waals surface area contributed by atoms with Crippen molar-refractivity contribution in [2.45, 2.75) is 34.6 Å². The molecule has 0 aliphatic heterocycles. The van der Waals surface area contributed by atoms with Crippen LogP contribution in [0, 0.1) is 30.6 Å². The van der Waals surface area contributed by atoms with Crippen LogP contribution in [0.5, 0.6) is 0 Å². The summed E-state index contributed by atoms with van der Waals surface area (Å²) in [7, 11) is 0. The second-order valence-electron chi connectivity index (χ2n) is 5.16. The minimum Gasteiger partial charge on any atom is -0.367 e. The Kier molecular flexibility index (Phi) is 3.48. The van der Waals surface area contributed by atoms with E-state index in [1.807, 2.05) is 13.8 Å². The second-order valence-corrected chi connectivity index (χ2v) is 5.16. The summed E-state index contributed by atoms with van der Waals surface area (Å²) in [6, 6.07) is 2.18. The summed E-state index contributed by atoms with van der Waals surface area (Å²) in [4.78, 5) is 0. The van der Waals surface area contributed by atoms with Gasteiger partial charge in [0.1, 0.15) is 11.6 Å². The van der Waals surface area contributed by atoms with E-state index in [0.29, 0.717) is 11.4 Å². The maximum absolute atomic E-state index is 9.10. The largest absolute Gasteiger partial charge is 0.367 e. The Morgan fingerprint density at radius 3 is 2.38 bits per heavy atom. The lowest BCUT2D eigenvalue weighted by Crippen LogP contribution is -2.20. The smallest absolute Gasteiger partial charge is 0.166 e. The number of nitriles is 1. The molecule has 0 aliphatic carbocycles. The SMILES string of the molecule is Cc1nnc(NCC(C)(C)C)c(C#N)c1C. The van der Waals surface area contributed by atoms with E-state index in [1.54, 1.807) is 0 Å². The fourth-order valence-electron chi connectivity index (χ4n) is 1.22. The van der Waals surface area contributed by atoms with E-state index in [-0.39, 0.29) is 5.41 Å². The molecule has 4 heteroatoms. The zero-order chi connectivity index (χ0) is 12.3. The molecule has 16 heavy (non-hydrogen) atoms. The standard InChI is InChI=1S/C12H18N4/c1-8-9(2)15-16-11(10(8)6-13)14-7-12(3,4)5/h7H2,1-5H3,(H,14,16). The first-order valence-corrected chi connectivity index (χ1v) is 5.33. The number of anilines is 1. The van der Waals surface area contributed by atoms with Crippen molar-refractivity contribution in [3.63, 3.8) is 0 Å². The van der Waals surface area contributed by atoms with Crippen molar-refractivity contribution in [1.29, 1.82) is 5.26 Å². The van der Waals surface area contributed by atoms with Gasteiger partial charge in [0.15, 0.2) is 5.82 Å². The molecule has 1 N–H and O–H groups in total. The number of rotatable bonds is 2. The predicted molar refractivity (Wildman–Crippen MR) is 64.2 cm³/mol. The molecule has 4 nitrogen and oxygen atoms in total. The van der Waals surface area contributed by atoms with Crippen molar-refractivity contribution in [1.82, 2.24) is 10.2 Å². The molecule has 0 saturated carbocycles. The number of aryl methyl sites for hydroxylation is 1. The average molecular weight is 218 g/mol. The van der Waals surface area contributed by atoms with Crippen LogP contribution in [0.4, 0.5) is 5.82 Å². The van der Waals surface area contributed by atoms with Gasteiger partial charge in [0.05, 0.1) is 5.69 Å². The average Bonchev–Trinajstić information content (AvgIpc) is 2.18. The third-order valence-corrected chi connectivity index (χ3v) is 2.35. The molecule has 0 radical (unpaired) electrons. The highest BCUT2D eigenvalue weighted by Gasteiger charge is 2.14. The van der Waals surface area contributed by atoms with Gasteiger partial charge in [0.25, 0.3) is 0 Å². The van der Waals surface area contributed by atoms with E-state index < -0.39 is 0 Å². The van der Waals surface area contributed by atoms with Crippen LogP contribution in [0.2, 0.25) is 0 Å². The third kappa shape index (κ3) is 2.93. The molecule has 1 aromatic heterocycles. The van der Waals surface area contributed by atoms with Crippen LogP contribution in [-0.4, -0.2) is 16.7 Å². The van der Waals surface area contributed by atoms with E-state index in [4.69, 9.17) is 5.26 Å². The number of nitrogens with one attached hydrogen (secondary N) is 1. The summed E-state index contributed by atoms with van der Waals surface area (Å²) in [5, 5.41) is 20.3. The second kappa shape index (κ2) is 4.48. The van der Waals surface area contributed by atoms with Gasteiger partial charge in [-0.3, -0.25) is 0 Å². The highest BCUT2D eigenvalue weighted by Crippen LogP contribution is 2.19. The van der Waals surface area contributed by atoms with E-state index in [9.17, 15) is 0 Å². The molecule has 86 valence electrons. The monoisotopic (exact) mass is 218 g/mol. The third-order valence-electron chi connectivity index (χ3n) is 2.35. The van der Waals surface area contributed by atoms with E-state index in [2.05, 4.69) is 42.4 Å². The summed E-state index contributed by atoms with van der Waals surface area (Å²) in [6.45, 7) is 10.9. The highest BCUT2D eigenvalue weighted by molar-refractivity contribution is 5.55. The van der Waals surface area contributed by atoms with Gasteiger partial charge in [0, 0.05) is 6.54 Å². The highest BCUT2D eigenvalue weighted by atomic mass is 15.2. The minimum absolute atomic E-state index is 0.146. The van der Waals surface area contributed by atoms with Crippen molar-refractivity contribution in [3.8, 4) is 6.07 Å². The first-order valence-electron chi connectivity index (χ1n) is 5.33. The first-order chi connectivity index (χ1) is 7.35. The zero-order valence-corrected chi connectivity index (χ0v) is 10.5. The van der Waals surface area contributed by atoms with Crippen LogP contribution in [0.1, 0.15) is 37.6 Å². The van der Waals surface area contributed by atoms with Gasteiger partial charge in [-0.15, -0.1) is 5.10 Å². The Morgan fingerprint density at radius 1 is 1.25 bits per heavy atom. The lowest BCUT2D eigenvalue weighted by molar-refractivity contribution is 0.442. The van der Waals surface area contributed by atoms with Gasteiger partial charge in [-0.1, -0.05) is 20.8 Å². The Morgan fingerprint density at radius 2 is 1.88 bits per heavy atom. The normalized spacial score (nSPS) is 11.0. The molecule has 0 fully saturated rings. The van der Waals surface area contributed by atoms with Crippen LogP contribution in [-0.2, 0) is 0 Å². The molecule has 0 atom stereocenters. The molecular weight excluding hydrogens is 200 g/mol. The zero-order valence-electron chi connectivity index (χ0n) is 10.5. The molecule has 0 bridgehead atoms. The Bertz CT molecular complexity index is 424. The Hall–Kier alpha value is -1.63. The molecule has 1 heterocycles. The predicted octanol–water partition coefficient (Wildman–Crippen LogP) is 2.42. The molecule has 0 spiro atoms. The topological polar surface area (TPSA) is 61.6 Å². The summed E-state index contributed by atoms with van der Waals surface area (Å²) in [6.07, 6.45) is 0. The van der Waals surface area contributed by atoms with Crippen LogP contribution >= 0.6 is 0 Å². The van der Waals surface area contributed by atoms with Crippen LogP contribution in [0.3, 0.4) is 0 Å². The maximum atomic E-state index is 9.10. The minimum atomic E-state index is 0.146. The van der Waals surface area contributed by atoms with E-state index in [1.165, 1.54) is 0 Å². The summed E-state index contributed by atoms with van der Waals surface area (Å²) in [5.41, 5.74) is 2.44. The lowest BCUT2D eigenvalue weighted by atomic mass is 9.97. The van der Waals surface area contributed by atoms with E-state index >= 15 is 0 Å². The van der Waals surface area contributed by atoms with Crippen molar-refractivity contribution in [2.75, 3.05) is 11.9 Å². The molecule has 1 aromatic rings. The maximum Gasteiger partial charge on any atom is 0.166 e. The number of nitrogens with zero attached hydrogens (tertiary/aromatic N) is 3. The molecule has 0 unspecified atom stereocenters. The van der Waals surface area contributed by atoms with Gasteiger partial charge in [-0.25, -0.2) is 0 Å². The van der Waals surface area contributed by atoms with Gasteiger partial charge in [0.2, 0.25) is 0 Å². The van der Waals surface area contributed by atoms with Crippen molar-refractivity contribution < 1.29 is 0 Å². The Balaban J connectivity index is 2.98. The van der Waals surface area contributed by atoms with Crippen LogP contribution in [0.15, 0.2) is 0 Å². The molecule has 1 rings (SSSR count). The lowest BCUT2D eigenvalue weighted by Gasteiger charge is -2.19. The molecule has 0 aliphatic rings. The Labute approximate surface area is 96.7 Å². The molecule has 0 saturated heterocycles. The van der Waals surface area contributed by atoms with Crippen LogP contribution in [0.25, 0.3) is 0 Å². The van der Waals surface area contributed by atoms with Crippen molar-refractivity contribution in [2.24, 2.45) is 5.41 Å². The first kappa shape index (κ1) is 12.4. The number of hydrogen-bond donors (Lipinski definition) is 1.